The first-order chi connectivity index (χ1) is 11.6. The summed E-state index contributed by atoms with van der Waals surface area (Å²) in [5, 5.41) is 23.9. The summed E-state index contributed by atoms with van der Waals surface area (Å²) < 4.78 is 1.72. The van der Waals surface area contributed by atoms with Gasteiger partial charge in [0, 0.05) is 18.6 Å². The van der Waals surface area contributed by atoms with E-state index in [0.29, 0.717) is 17.0 Å². The number of rotatable bonds is 3. The monoisotopic (exact) mass is 323 g/mol. The van der Waals surface area contributed by atoms with Crippen molar-refractivity contribution in [1.82, 2.24) is 24.7 Å². The average molecular weight is 323 g/mol. The molecule has 24 heavy (non-hydrogen) atoms. The van der Waals surface area contributed by atoms with Gasteiger partial charge < -0.3 is 15.2 Å². The second-order valence-corrected chi connectivity index (χ2v) is 5.44. The van der Waals surface area contributed by atoms with Gasteiger partial charge in [-0.05, 0) is 17.7 Å². The van der Waals surface area contributed by atoms with E-state index in [9.17, 15) is 15.0 Å². The number of H-pyrrole nitrogens is 1. The molecule has 0 aliphatic carbocycles. The third-order valence-electron chi connectivity index (χ3n) is 3.95. The van der Waals surface area contributed by atoms with Crippen LogP contribution >= 0.6 is 0 Å². The van der Waals surface area contributed by atoms with E-state index < -0.39 is 5.97 Å². The number of carboxylic acids is 1. The molecule has 120 valence electrons. The van der Waals surface area contributed by atoms with Crippen LogP contribution < -0.4 is 0 Å². The second-order valence-electron chi connectivity index (χ2n) is 5.44. The topological polar surface area (TPSA) is 117 Å². The summed E-state index contributed by atoms with van der Waals surface area (Å²) in [6.45, 7) is -0.0735. The molecule has 0 amide bonds. The van der Waals surface area contributed by atoms with Crippen LogP contribution in [0.15, 0.2) is 30.6 Å². The Kier molecular flexibility index (Phi) is 3.07. The number of aryl methyl sites for hydroxylation is 1. The van der Waals surface area contributed by atoms with Gasteiger partial charge in [0.15, 0.2) is 5.65 Å². The summed E-state index contributed by atoms with van der Waals surface area (Å²) >= 11 is 0. The van der Waals surface area contributed by atoms with Gasteiger partial charge in [-0.3, -0.25) is 4.68 Å². The highest BCUT2D eigenvalue weighted by atomic mass is 16.4. The lowest BCUT2D eigenvalue weighted by Crippen LogP contribution is -1.97. The van der Waals surface area contributed by atoms with E-state index >= 15 is 0 Å². The predicted octanol–water partition coefficient (Wildman–Crippen LogP) is 1.70. The molecule has 8 nitrogen and oxygen atoms in total. The molecule has 0 aliphatic heterocycles. The number of hydrogen-bond acceptors (Lipinski definition) is 5. The van der Waals surface area contributed by atoms with Crippen molar-refractivity contribution in [3.63, 3.8) is 0 Å². The van der Waals surface area contributed by atoms with Crippen LogP contribution in [-0.4, -0.2) is 40.9 Å². The molecule has 0 atom stereocenters. The van der Waals surface area contributed by atoms with Crippen molar-refractivity contribution in [3.8, 4) is 11.4 Å². The number of aromatic carboxylic acids is 1. The van der Waals surface area contributed by atoms with Crippen LogP contribution in [0.2, 0.25) is 0 Å². The molecule has 0 fully saturated rings. The average Bonchev–Trinajstić information content (AvgIpc) is 3.15. The van der Waals surface area contributed by atoms with Gasteiger partial charge in [-0.25, -0.2) is 14.8 Å². The molecule has 0 radical (unpaired) electrons. The zero-order chi connectivity index (χ0) is 16.8. The van der Waals surface area contributed by atoms with Crippen molar-refractivity contribution in [2.24, 2.45) is 7.05 Å². The van der Waals surface area contributed by atoms with Gasteiger partial charge in [0.2, 0.25) is 0 Å². The molecule has 0 saturated carbocycles. The highest BCUT2D eigenvalue weighted by Gasteiger charge is 2.17. The Morgan fingerprint density at radius 3 is 2.96 bits per heavy atom. The molecule has 0 unspecified atom stereocenters. The van der Waals surface area contributed by atoms with E-state index in [1.54, 1.807) is 10.9 Å². The number of fused-ring (bicyclic) bond motifs is 2. The minimum atomic E-state index is -1.07. The highest BCUT2D eigenvalue weighted by molar-refractivity contribution is 6.01. The first kappa shape index (κ1) is 14.3. The summed E-state index contributed by atoms with van der Waals surface area (Å²) in [6.07, 6.45) is 2.93. The van der Waals surface area contributed by atoms with Gasteiger partial charge in [0.1, 0.15) is 22.5 Å². The Morgan fingerprint density at radius 2 is 2.21 bits per heavy atom. The van der Waals surface area contributed by atoms with Crippen LogP contribution in [-0.2, 0) is 13.7 Å². The van der Waals surface area contributed by atoms with Crippen molar-refractivity contribution < 1.29 is 15.0 Å². The maximum atomic E-state index is 11.3. The largest absolute Gasteiger partial charge is 0.478 e. The van der Waals surface area contributed by atoms with E-state index in [1.807, 2.05) is 25.2 Å². The van der Waals surface area contributed by atoms with Crippen LogP contribution in [0.4, 0.5) is 0 Å². The number of aliphatic hydroxyl groups is 1. The standard InChI is InChI=1S/C16H13N5O3/c1-21-12-3-2-8(7-22)4-9(12)13(20-21)11-6-18-15-14(19-11)10(5-17-15)16(23)24/h2-6,22H,7H2,1H3,(H,17,18)(H,23,24). The zero-order valence-corrected chi connectivity index (χ0v) is 12.7. The van der Waals surface area contributed by atoms with Crippen LogP contribution in [0, 0.1) is 0 Å². The lowest BCUT2D eigenvalue weighted by atomic mass is 10.1. The molecule has 3 aromatic heterocycles. The molecular formula is C16H13N5O3. The maximum absolute atomic E-state index is 11.3. The number of carbonyl (C=O) groups is 1. The Hall–Kier alpha value is -3.26. The number of aliphatic hydroxyl groups excluding tert-OH is 1. The number of nitrogens with zero attached hydrogens (tertiary/aromatic N) is 4. The minimum absolute atomic E-state index is 0.0654. The predicted molar refractivity (Wildman–Crippen MR) is 86.5 cm³/mol. The Morgan fingerprint density at radius 1 is 1.38 bits per heavy atom. The molecule has 3 heterocycles. The molecule has 0 spiro atoms. The first-order valence-corrected chi connectivity index (χ1v) is 7.23. The normalized spacial score (nSPS) is 11.4. The van der Waals surface area contributed by atoms with Crippen LogP contribution in [0.25, 0.3) is 33.5 Å². The molecule has 1 aromatic carbocycles. The smallest absolute Gasteiger partial charge is 0.339 e. The SMILES string of the molecule is Cn1nc(-c2cnc3[nH]cc(C(=O)O)c3n2)c2cc(CO)ccc21. The van der Waals surface area contributed by atoms with Crippen molar-refractivity contribution >= 4 is 28.0 Å². The third-order valence-corrected chi connectivity index (χ3v) is 3.95. The lowest BCUT2D eigenvalue weighted by molar-refractivity contribution is 0.0699. The Labute approximate surface area is 135 Å². The molecule has 4 rings (SSSR count). The number of carboxylic acid groups (broad SMARTS) is 1. The number of aromatic nitrogens is 5. The van der Waals surface area contributed by atoms with Gasteiger partial charge in [0.05, 0.1) is 18.3 Å². The van der Waals surface area contributed by atoms with Crippen molar-refractivity contribution in [2.75, 3.05) is 0 Å². The van der Waals surface area contributed by atoms with Crippen LogP contribution in [0.1, 0.15) is 15.9 Å². The number of benzene rings is 1. The fourth-order valence-corrected chi connectivity index (χ4v) is 2.77. The van der Waals surface area contributed by atoms with E-state index in [-0.39, 0.29) is 17.7 Å². The number of aromatic amines is 1. The first-order valence-electron chi connectivity index (χ1n) is 7.23. The molecule has 0 bridgehead atoms. The van der Waals surface area contributed by atoms with E-state index in [4.69, 9.17) is 0 Å². The van der Waals surface area contributed by atoms with Crippen molar-refractivity contribution in [2.45, 2.75) is 6.61 Å². The summed E-state index contributed by atoms with van der Waals surface area (Å²) in [7, 11) is 1.81. The quantitative estimate of drug-likeness (QED) is 0.528. The van der Waals surface area contributed by atoms with E-state index in [2.05, 4.69) is 20.1 Å². The molecular weight excluding hydrogens is 310 g/mol. The van der Waals surface area contributed by atoms with Crippen LogP contribution in [0.5, 0.6) is 0 Å². The van der Waals surface area contributed by atoms with Gasteiger partial charge >= 0.3 is 5.97 Å². The van der Waals surface area contributed by atoms with Gasteiger partial charge in [-0.2, -0.15) is 5.10 Å². The minimum Gasteiger partial charge on any atom is -0.478 e. The summed E-state index contributed by atoms with van der Waals surface area (Å²) in [5.74, 6) is -1.07. The fraction of sp³-hybridized carbons (Fsp3) is 0.125. The second kappa shape index (κ2) is 5.14. The molecule has 3 N–H and O–H groups in total. The third kappa shape index (κ3) is 2.04. The van der Waals surface area contributed by atoms with E-state index in [0.717, 1.165) is 16.5 Å². The lowest BCUT2D eigenvalue weighted by Gasteiger charge is -2.00. The zero-order valence-electron chi connectivity index (χ0n) is 12.7. The van der Waals surface area contributed by atoms with Gasteiger partial charge in [0.25, 0.3) is 0 Å². The molecule has 8 heteroatoms. The Balaban J connectivity index is 1.98. The fourth-order valence-electron chi connectivity index (χ4n) is 2.77. The molecule has 4 aromatic rings. The number of nitrogens with one attached hydrogen (secondary N) is 1. The molecule has 0 saturated heterocycles. The van der Waals surface area contributed by atoms with Gasteiger partial charge in [-0.1, -0.05) is 6.07 Å². The Bertz CT molecular complexity index is 1100. The van der Waals surface area contributed by atoms with Crippen LogP contribution in [0.3, 0.4) is 0 Å². The highest BCUT2D eigenvalue weighted by Crippen LogP contribution is 2.28. The van der Waals surface area contributed by atoms with Crippen molar-refractivity contribution in [1.29, 1.82) is 0 Å². The summed E-state index contributed by atoms with van der Waals surface area (Å²) in [6, 6.07) is 5.55. The summed E-state index contributed by atoms with van der Waals surface area (Å²) in [4.78, 5) is 22.8. The van der Waals surface area contributed by atoms with Gasteiger partial charge in [-0.15, -0.1) is 0 Å². The van der Waals surface area contributed by atoms with Crippen molar-refractivity contribution in [3.05, 3.63) is 41.7 Å². The molecule has 0 aliphatic rings. The maximum Gasteiger partial charge on any atom is 0.339 e. The number of hydrogen-bond donors (Lipinski definition) is 3. The van der Waals surface area contributed by atoms with E-state index in [1.165, 1.54) is 6.20 Å². The summed E-state index contributed by atoms with van der Waals surface area (Å²) in [5.41, 5.74) is 3.48.